The molecule has 4 aromatic heterocycles. The third-order valence-electron chi connectivity index (χ3n) is 27.3. The number of fused-ring (bicyclic) bond motifs is 10. The Labute approximate surface area is 800 Å². The molecule has 138 heavy (non-hydrogen) atoms. The smallest absolute Gasteiger partial charge is 0.160 e. The van der Waals surface area contributed by atoms with Gasteiger partial charge in [0.2, 0.25) is 0 Å². The molecule has 0 saturated heterocycles. The zero-order valence-electron chi connectivity index (χ0n) is 75.3. The number of hydrogen-bond acceptors (Lipinski definition) is 4. The molecule has 26 aromatic rings. The first-order valence-corrected chi connectivity index (χ1v) is 47.1. The van der Waals surface area contributed by atoms with Crippen LogP contribution in [0.4, 0.5) is 0 Å². The molecule has 26 rings (SSSR count). The summed E-state index contributed by atoms with van der Waals surface area (Å²) in [5, 5.41) is 14.7. The van der Waals surface area contributed by atoms with Gasteiger partial charge in [-0.25, -0.2) is 19.9 Å². The molecule has 0 saturated carbocycles. The lowest BCUT2D eigenvalue weighted by molar-refractivity contribution is 1.18. The van der Waals surface area contributed by atoms with Crippen molar-refractivity contribution in [1.82, 2.24) is 29.1 Å². The van der Waals surface area contributed by atoms with Crippen LogP contribution in [-0.4, -0.2) is 29.1 Å². The molecule has 6 nitrogen and oxygen atoms in total. The fourth-order valence-electron chi connectivity index (χ4n) is 20.9. The molecule has 6 heteroatoms. The van der Waals surface area contributed by atoms with Crippen LogP contribution in [0.2, 0.25) is 0 Å². The molecule has 0 radical (unpaired) electrons. The van der Waals surface area contributed by atoms with Gasteiger partial charge in [0.25, 0.3) is 0 Å². The largest absolute Gasteiger partial charge is 0.309 e. The predicted molar refractivity (Wildman–Crippen MR) is 579 cm³/mol. The minimum Gasteiger partial charge on any atom is -0.309 e. The van der Waals surface area contributed by atoms with Crippen LogP contribution in [0.3, 0.4) is 0 Å². The van der Waals surface area contributed by atoms with Gasteiger partial charge in [0.15, 0.2) is 11.6 Å². The molecular weight excluding hydrogens is 1670 g/mol. The summed E-state index contributed by atoms with van der Waals surface area (Å²) in [6.07, 6.45) is 0. The van der Waals surface area contributed by atoms with Gasteiger partial charge >= 0.3 is 0 Å². The van der Waals surface area contributed by atoms with Crippen LogP contribution in [0.1, 0.15) is 0 Å². The molecule has 0 aliphatic rings. The van der Waals surface area contributed by atoms with E-state index < -0.39 is 0 Å². The molecule has 0 aliphatic heterocycles. The number of hydrogen-bond donors (Lipinski definition) is 0. The molecule has 4 heterocycles. The minimum atomic E-state index is 0.695. The van der Waals surface area contributed by atoms with Gasteiger partial charge in [-0.15, -0.1) is 0 Å². The van der Waals surface area contributed by atoms with Crippen LogP contribution in [0.15, 0.2) is 522 Å². The van der Waals surface area contributed by atoms with Gasteiger partial charge in [-0.3, -0.25) is 0 Å². The summed E-state index contributed by atoms with van der Waals surface area (Å²) in [5.41, 5.74) is 35.8. The van der Waals surface area contributed by atoms with E-state index in [9.17, 15) is 0 Å². The highest BCUT2D eigenvalue weighted by atomic mass is 15.0. The Morgan fingerprint density at radius 2 is 0.319 bits per heavy atom. The average molecular weight is 1760 g/mol. The molecule has 0 atom stereocenters. The van der Waals surface area contributed by atoms with E-state index in [1.807, 2.05) is 48.5 Å². The van der Waals surface area contributed by atoms with Crippen molar-refractivity contribution >= 4 is 86.7 Å². The molecule has 22 aromatic carbocycles. The van der Waals surface area contributed by atoms with Gasteiger partial charge in [-0.05, 0) is 205 Å². The third-order valence-corrected chi connectivity index (χ3v) is 27.3. The van der Waals surface area contributed by atoms with E-state index in [-0.39, 0.29) is 0 Å². The van der Waals surface area contributed by atoms with Crippen LogP contribution >= 0.6 is 0 Å². The second-order valence-corrected chi connectivity index (χ2v) is 35.3. The summed E-state index contributed by atoms with van der Waals surface area (Å²) in [5.74, 6) is 1.39. The number of para-hydroxylation sites is 4. The first-order valence-electron chi connectivity index (χ1n) is 47.1. The Bertz CT molecular complexity index is 8890. The lowest BCUT2D eigenvalue weighted by Crippen LogP contribution is -1.96. The van der Waals surface area contributed by atoms with E-state index in [4.69, 9.17) is 19.9 Å². The maximum Gasteiger partial charge on any atom is 0.160 e. The Morgan fingerprint density at radius 3 is 0.609 bits per heavy atom. The minimum absolute atomic E-state index is 0.695. The first kappa shape index (κ1) is 81.6. The fourth-order valence-corrected chi connectivity index (χ4v) is 20.9. The Kier molecular flexibility index (Phi) is 20.9. The summed E-state index contributed by atoms with van der Waals surface area (Å²) < 4.78 is 4.79. The van der Waals surface area contributed by atoms with Gasteiger partial charge in [-0.2, -0.15) is 0 Å². The van der Waals surface area contributed by atoms with Crippen molar-refractivity contribution in [3.8, 4) is 168 Å². The first-order chi connectivity index (χ1) is 68.5. The lowest BCUT2D eigenvalue weighted by atomic mass is 9.84. The van der Waals surface area contributed by atoms with Crippen molar-refractivity contribution in [2.24, 2.45) is 0 Å². The van der Waals surface area contributed by atoms with E-state index >= 15 is 0 Å². The van der Waals surface area contributed by atoms with Crippen LogP contribution in [0, 0.1) is 0 Å². The Morgan fingerprint density at radius 1 is 0.123 bits per heavy atom. The van der Waals surface area contributed by atoms with Crippen LogP contribution in [0.25, 0.3) is 255 Å². The Hall–Kier alpha value is -18.4. The second-order valence-electron chi connectivity index (χ2n) is 35.3. The highest BCUT2D eigenvalue weighted by Gasteiger charge is 2.25. The summed E-state index contributed by atoms with van der Waals surface area (Å²) in [7, 11) is 0. The van der Waals surface area contributed by atoms with E-state index in [0.29, 0.717) is 11.6 Å². The maximum atomic E-state index is 5.17. The zero-order chi connectivity index (χ0) is 91.4. The summed E-state index contributed by atoms with van der Waals surface area (Å²) in [6, 6.07) is 188. The van der Waals surface area contributed by atoms with Crippen LogP contribution < -0.4 is 0 Å². The number of benzene rings is 22. The number of rotatable bonds is 16. The van der Waals surface area contributed by atoms with E-state index in [1.54, 1.807) is 0 Å². The normalized spacial score (nSPS) is 11.5. The summed E-state index contributed by atoms with van der Waals surface area (Å²) in [4.78, 5) is 20.4. The molecule has 644 valence electrons. The molecule has 0 aliphatic carbocycles. The van der Waals surface area contributed by atoms with Crippen molar-refractivity contribution in [3.05, 3.63) is 522 Å². The van der Waals surface area contributed by atoms with Crippen LogP contribution in [-0.2, 0) is 0 Å². The van der Waals surface area contributed by atoms with Crippen molar-refractivity contribution < 1.29 is 0 Å². The van der Waals surface area contributed by atoms with Gasteiger partial charge in [0, 0.05) is 66.3 Å². The number of nitrogens with zero attached hydrogens (tertiary/aromatic N) is 6. The molecule has 0 unspecified atom stereocenters. The van der Waals surface area contributed by atoms with Gasteiger partial charge in [-0.1, -0.05) is 449 Å². The Balaban J connectivity index is 0.000000148. The topological polar surface area (TPSA) is 61.4 Å². The fraction of sp³-hybridized carbons (Fsp3) is 0. The molecule has 0 N–H and O–H groups in total. The standard InChI is InChI=1S/C70H46N4.C62H40N2/c1-6-20-47(21-7-1)57-30-16-17-31-58(57)56-42-43-61-62(44-56)68(53-40-36-51(37-41-53)66-46-64(49-24-10-3-11-25-49)72-70(74-66)55-28-14-5-15-29-55)60-33-19-18-32-59(60)67(61)52-38-34-50(35-39-52)65-45-63(48-22-8-2-9-23-48)71-69(73-65)54-26-12-4-13-27-54;1-2-16-41(17-3-1)47-18-4-5-19-48(47)44-34-39-55-56(40-44)62(43-32-37-46(38-33-43)64-59-28-14-10-22-51(59)52-23-11-15-29-60(52)64)54-25-7-6-24-53(54)61(55)42-30-35-45(36-31-42)63-57-26-12-8-20-49(57)50-21-9-13-27-58(50)63/h1-46H;1-40H. The van der Waals surface area contributed by atoms with Gasteiger partial charge in [0.1, 0.15) is 0 Å². The molecular formula is C132H86N6. The predicted octanol–water partition coefficient (Wildman–Crippen LogP) is 35.1. The average Bonchev–Trinajstić information content (AvgIpc) is 1.12. The quantitative estimate of drug-likeness (QED) is 0.0905. The highest BCUT2D eigenvalue weighted by Crippen LogP contribution is 2.51. The SMILES string of the molecule is c1ccc(-c2cc(-c3ccc(-c4c5ccccc5c(-c5ccc(-c6cc(-c7ccccc7)nc(-c7ccccc7)n6)cc5)c5cc(-c6ccccc6-c6ccccc6)ccc45)cc3)nc(-c3ccccc3)n2)cc1.c1ccc(-c2ccccc2-c2ccc3c(-c4ccc(-n5c6ccccc6c6ccccc65)cc4)c4ccccc4c(-c4ccc(-n5c6ccccc6c6ccccc65)cc4)c3c2)cc1. The van der Waals surface area contributed by atoms with Crippen molar-refractivity contribution in [2.45, 2.75) is 0 Å². The lowest BCUT2D eigenvalue weighted by Gasteiger charge is -2.20. The summed E-state index contributed by atoms with van der Waals surface area (Å²) in [6.45, 7) is 0. The highest BCUT2D eigenvalue weighted by molar-refractivity contribution is 6.24. The third kappa shape index (κ3) is 14.9. The van der Waals surface area contributed by atoms with Crippen molar-refractivity contribution in [2.75, 3.05) is 0 Å². The number of aromatic nitrogens is 6. The van der Waals surface area contributed by atoms with Crippen LogP contribution in [0.5, 0.6) is 0 Å². The molecule has 0 bridgehead atoms. The van der Waals surface area contributed by atoms with Gasteiger partial charge < -0.3 is 9.13 Å². The molecule has 0 fully saturated rings. The van der Waals surface area contributed by atoms with E-state index in [1.165, 1.54) is 159 Å². The molecule has 0 spiro atoms. The van der Waals surface area contributed by atoms with E-state index in [0.717, 1.165) is 84.2 Å². The summed E-state index contributed by atoms with van der Waals surface area (Å²) >= 11 is 0. The second kappa shape index (κ2) is 35.3. The van der Waals surface area contributed by atoms with Crippen molar-refractivity contribution in [3.63, 3.8) is 0 Å². The van der Waals surface area contributed by atoms with Crippen molar-refractivity contribution in [1.29, 1.82) is 0 Å². The monoisotopic (exact) mass is 1750 g/mol. The van der Waals surface area contributed by atoms with Gasteiger partial charge in [0.05, 0.1) is 44.8 Å². The molecule has 0 amide bonds. The van der Waals surface area contributed by atoms with E-state index in [2.05, 4.69) is 482 Å². The zero-order valence-corrected chi connectivity index (χ0v) is 75.3. The maximum absolute atomic E-state index is 5.17.